The van der Waals surface area contributed by atoms with Crippen LogP contribution in [0.1, 0.15) is 93.4 Å². The molecule has 0 aliphatic heterocycles. The largest absolute Gasteiger partial charge is 0.481 e. The molecule has 210 valence electrons. The van der Waals surface area contributed by atoms with Crippen LogP contribution in [0.3, 0.4) is 0 Å². The Morgan fingerprint density at radius 2 is 1.66 bits per heavy atom. The highest BCUT2D eigenvalue weighted by Gasteiger charge is 2.71. The van der Waals surface area contributed by atoms with Crippen molar-refractivity contribution < 1.29 is 39.3 Å². The van der Waals surface area contributed by atoms with Crippen LogP contribution in [0.2, 0.25) is 0 Å². The number of aliphatic carboxylic acids is 1. The molecule has 0 radical (unpaired) electrons. The maximum Gasteiger partial charge on any atom is 0.306 e. The average Bonchev–Trinajstić information content (AvgIpc) is 2.99. The molecule has 2 fully saturated rings. The molecule has 0 spiro atoms. The number of carboxylic acid groups (broad SMARTS) is 1. The molecule has 8 heteroatoms. The Bertz CT molecular complexity index is 1160. The van der Waals surface area contributed by atoms with Gasteiger partial charge in [0.05, 0.1) is 17.6 Å². The summed E-state index contributed by atoms with van der Waals surface area (Å²) in [7, 11) is 0. The first-order chi connectivity index (χ1) is 17.2. The summed E-state index contributed by atoms with van der Waals surface area (Å²) in [5.74, 6) is -3.71. The lowest BCUT2D eigenvalue weighted by molar-refractivity contribution is -0.150. The van der Waals surface area contributed by atoms with Gasteiger partial charge < -0.3 is 15.3 Å². The molecule has 3 N–H and O–H groups in total. The van der Waals surface area contributed by atoms with Crippen molar-refractivity contribution in [1.29, 1.82) is 0 Å². The molecular weight excluding hydrogens is 488 g/mol. The van der Waals surface area contributed by atoms with Crippen LogP contribution in [0.15, 0.2) is 11.1 Å². The van der Waals surface area contributed by atoms with Gasteiger partial charge in [0.15, 0.2) is 11.6 Å². The zero-order valence-electron chi connectivity index (χ0n) is 23.6. The molecule has 2 saturated carbocycles. The summed E-state index contributed by atoms with van der Waals surface area (Å²) < 4.78 is 0. The Balaban J connectivity index is 1.79. The maximum atomic E-state index is 14.0. The number of carboxylic acids is 1. The Hall–Kier alpha value is -2.19. The van der Waals surface area contributed by atoms with Crippen molar-refractivity contribution in [2.75, 3.05) is 0 Å². The quantitative estimate of drug-likeness (QED) is 0.473. The van der Waals surface area contributed by atoms with Gasteiger partial charge in [-0.3, -0.25) is 24.0 Å². The van der Waals surface area contributed by atoms with E-state index in [1.807, 2.05) is 34.6 Å². The van der Waals surface area contributed by atoms with Crippen molar-refractivity contribution in [1.82, 2.24) is 0 Å². The van der Waals surface area contributed by atoms with Crippen LogP contribution in [-0.2, 0) is 24.0 Å². The van der Waals surface area contributed by atoms with E-state index in [9.17, 15) is 39.3 Å². The van der Waals surface area contributed by atoms with E-state index < -0.39 is 57.0 Å². The summed E-state index contributed by atoms with van der Waals surface area (Å²) >= 11 is 0. The highest BCUT2D eigenvalue weighted by atomic mass is 16.4. The number of carbonyl (C=O) groups excluding carboxylic acids is 4. The van der Waals surface area contributed by atoms with Gasteiger partial charge in [0, 0.05) is 59.5 Å². The molecule has 0 bridgehead atoms. The van der Waals surface area contributed by atoms with Crippen molar-refractivity contribution in [2.45, 2.75) is 105 Å². The summed E-state index contributed by atoms with van der Waals surface area (Å²) in [6, 6.07) is 0. The molecule has 0 aromatic carbocycles. The lowest BCUT2D eigenvalue weighted by Gasteiger charge is -2.59. The van der Waals surface area contributed by atoms with E-state index in [4.69, 9.17) is 0 Å². The molecule has 0 aromatic heterocycles. The fourth-order valence-corrected chi connectivity index (χ4v) is 8.97. The van der Waals surface area contributed by atoms with Gasteiger partial charge in [0.1, 0.15) is 11.6 Å². The van der Waals surface area contributed by atoms with Crippen LogP contribution in [0.4, 0.5) is 0 Å². The van der Waals surface area contributed by atoms with Gasteiger partial charge in [-0.1, -0.05) is 41.5 Å². The van der Waals surface area contributed by atoms with Crippen molar-refractivity contribution >= 4 is 29.1 Å². The van der Waals surface area contributed by atoms with Gasteiger partial charge >= 0.3 is 5.97 Å². The lowest BCUT2D eigenvalue weighted by atomic mass is 9.42. The fourth-order valence-electron chi connectivity index (χ4n) is 8.97. The summed E-state index contributed by atoms with van der Waals surface area (Å²) in [5.41, 5.74) is -4.39. The summed E-state index contributed by atoms with van der Waals surface area (Å²) in [6.45, 7) is 12.3. The Morgan fingerprint density at radius 1 is 1.05 bits per heavy atom. The van der Waals surface area contributed by atoms with E-state index in [1.54, 1.807) is 0 Å². The fraction of sp³-hybridized carbons (Fsp3) is 0.767. The number of fused-ring (bicyclic) bond motifs is 4. The number of rotatable bonds is 6. The van der Waals surface area contributed by atoms with Crippen molar-refractivity contribution in [3.63, 3.8) is 0 Å². The number of hydrogen-bond donors (Lipinski definition) is 3. The SMILES string of the molecule is CC(CC(=O)CC(C)(O)[C@H]1C[C@H](O)[C@@]2(C)C3=C(C(=O)C[C@]12C)[C@@]1(C)CCC(=O)C(C)(C)[C@@H]1CC3=O)C(=O)O. The highest BCUT2D eigenvalue weighted by molar-refractivity contribution is 6.12. The normalized spacial score (nSPS) is 40.7. The Kier molecular flexibility index (Phi) is 6.56. The second-order valence-corrected chi connectivity index (χ2v) is 14.0. The third-order valence-electron chi connectivity index (χ3n) is 11.4. The van der Waals surface area contributed by atoms with Crippen LogP contribution in [0.25, 0.3) is 0 Å². The molecule has 8 atom stereocenters. The van der Waals surface area contributed by atoms with E-state index in [2.05, 4.69) is 0 Å². The molecule has 0 saturated heterocycles. The van der Waals surface area contributed by atoms with E-state index in [-0.39, 0.29) is 55.4 Å². The smallest absolute Gasteiger partial charge is 0.306 e. The van der Waals surface area contributed by atoms with Crippen LogP contribution in [0, 0.1) is 39.4 Å². The minimum atomic E-state index is -1.62. The number of hydrogen-bond acceptors (Lipinski definition) is 7. The molecule has 2 unspecified atom stereocenters. The third-order valence-corrected chi connectivity index (χ3v) is 11.4. The lowest BCUT2D eigenvalue weighted by Crippen LogP contribution is -2.60. The molecule has 4 aliphatic carbocycles. The molecule has 4 rings (SSSR count). The molecule has 0 aromatic rings. The average molecular weight is 531 g/mol. The predicted molar refractivity (Wildman–Crippen MR) is 138 cm³/mol. The first kappa shape index (κ1) is 28.8. The van der Waals surface area contributed by atoms with Crippen LogP contribution >= 0.6 is 0 Å². The topological polar surface area (TPSA) is 146 Å². The van der Waals surface area contributed by atoms with Crippen LogP contribution < -0.4 is 0 Å². The molecule has 38 heavy (non-hydrogen) atoms. The number of ketones is 4. The molecule has 8 nitrogen and oxygen atoms in total. The zero-order chi connectivity index (χ0) is 28.8. The monoisotopic (exact) mass is 530 g/mol. The molecule has 0 amide bonds. The number of Topliss-reactive ketones (excluding diaryl/α,β-unsaturated/α-hetero) is 4. The van der Waals surface area contributed by atoms with E-state index >= 15 is 0 Å². The van der Waals surface area contributed by atoms with Crippen molar-refractivity contribution in [2.24, 2.45) is 39.4 Å². The molecular formula is C30H42O8. The van der Waals surface area contributed by atoms with Crippen LogP contribution in [-0.4, -0.2) is 56.1 Å². The second-order valence-electron chi connectivity index (χ2n) is 14.0. The van der Waals surface area contributed by atoms with Crippen molar-refractivity contribution in [3.8, 4) is 0 Å². The summed E-state index contributed by atoms with van der Waals surface area (Å²) in [4.78, 5) is 64.7. The van der Waals surface area contributed by atoms with Gasteiger partial charge in [-0.25, -0.2) is 0 Å². The predicted octanol–water partition coefficient (Wildman–Crippen LogP) is 3.45. The number of aliphatic hydroxyl groups is 2. The molecule has 4 aliphatic rings. The highest BCUT2D eigenvalue weighted by Crippen LogP contribution is 2.71. The van der Waals surface area contributed by atoms with E-state index in [0.717, 1.165) is 0 Å². The number of allylic oxidation sites excluding steroid dienone is 1. The first-order valence-electron chi connectivity index (χ1n) is 13.7. The molecule has 0 heterocycles. The van der Waals surface area contributed by atoms with E-state index in [0.29, 0.717) is 24.0 Å². The van der Waals surface area contributed by atoms with Gasteiger partial charge in [-0.15, -0.1) is 0 Å². The standard InChI is InChI=1S/C30H42O8/c1-15(25(36)37)10-16(31)13-29(6,38)20-12-22(35)30(7)24-17(32)11-19-26(2,3)21(34)8-9-27(19,4)23(24)18(33)14-28(20,30)5/h15,19-20,22,35,38H,8-14H2,1-7H3,(H,36,37)/t15?,19-,20-,22-,27-,28+,29?,30-/m0/s1. The third kappa shape index (κ3) is 3.73. The maximum absolute atomic E-state index is 14.0. The van der Waals surface area contributed by atoms with Gasteiger partial charge in [0.2, 0.25) is 0 Å². The Morgan fingerprint density at radius 3 is 2.24 bits per heavy atom. The minimum Gasteiger partial charge on any atom is -0.481 e. The Labute approximate surface area is 224 Å². The summed E-state index contributed by atoms with van der Waals surface area (Å²) in [5, 5.41) is 32.4. The van der Waals surface area contributed by atoms with E-state index in [1.165, 1.54) is 13.8 Å². The van der Waals surface area contributed by atoms with Crippen molar-refractivity contribution in [3.05, 3.63) is 11.1 Å². The zero-order valence-corrected chi connectivity index (χ0v) is 23.6. The number of aliphatic hydroxyl groups excluding tert-OH is 1. The first-order valence-corrected chi connectivity index (χ1v) is 13.7. The van der Waals surface area contributed by atoms with Gasteiger partial charge in [0.25, 0.3) is 0 Å². The van der Waals surface area contributed by atoms with Gasteiger partial charge in [-0.2, -0.15) is 0 Å². The number of carbonyl (C=O) groups is 5. The van der Waals surface area contributed by atoms with Gasteiger partial charge in [-0.05, 0) is 37.0 Å². The second kappa shape index (κ2) is 8.65. The minimum absolute atomic E-state index is 0.00386. The summed E-state index contributed by atoms with van der Waals surface area (Å²) in [6.07, 6.45) is -0.550. The van der Waals surface area contributed by atoms with Crippen LogP contribution in [0.5, 0.6) is 0 Å².